The van der Waals surface area contributed by atoms with E-state index in [2.05, 4.69) is 10.6 Å². The van der Waals surface area contributed by atoms with Gasteiger partial charge in [0.1, 0.15) is 0 Å². The van der Waals surface area contributed by atoms with Crippen molar-refractivity contribution < 1.29 is 14.4 Å². The van der Waals surface area contributed by atoms with Gasteiger partial charge >= 0.3 is 6.03 Å². The summed E-state index contributed by atoms with van der Waals surface area (Å²) in [4.78, 5) is 39.6. The lowest BCUT2D eigenvalue weighted by Crippen LogP contribution is -2.56. The number of rotatable bonds is 4. The van der Waals surface area contributed by atoms with E-state index < -0.39 is 12.1 Å². The lowest BCUT2D eigenvalue weighted by Gasteiger charge is -2.37. The number of imide groups is 1. The normalized spacial score (nSPS) is 16.2. The fraction of sp³-hybridized carbons (Fsp3) is 0.500. The molecule has 1 heterocycles. The van der Waals surface area contributed by atoms with Gasteiger partial charge in [0.2, 0.25) is 11.8 Å². The molecule has 1 saturated heterocycles. The van der Waals surface area contributed by atoms with Crippen LogP contribution in [0.5, 0.6) is 0 Å². The highest BCUT2D eigenvalue weighted by Gasteiger charge is 2.28. The molecule has 0 aliphatic carbocycles. The van der Waals surface area contributed by atoms with Crippen LogP contribution in [0.4, 0.5) is 4.79 Å². The molecule has 2 rings (SSSR count). The number of benzene rings is 1. The van der Waals surface area contributed by atoms with Crippen molar-refractivity contribution in [3.05, 3.63) is 35.4 Å². The molecular weight excluding hydrogens is 320 g/mol. The molecule has 7 heteroatoms. The molecule has 136 valence electrons. The molecule has 2 N–H and O–H groups in total. The Kier molecular flexibility index (Phi) is 6.52. The smallest absolute Gasteiger partial charge is 0.321 e. The summed E-state index contributed by atoms with van der Waals surface area (Å²) in [6, 6.07) is 6.98. The zero-order valence-corrected chi connectivity index (χ0v) is 15.0. The van der Waals surface area contributed by atoms with Crippen LogP contribution in [0.2, 0.25) is 0 Å². The summed E-state index contributed by atoms with van der Waals surface area (Å²) in [5.74, 6) is -0.226. The molecule has 0 aromatic heterocycles. The van der Waals surface area contributed by atoms with E-state index in [0.717, 1.165) is 11.1 Å². The van der Waals surface area contributed by atoms with Crippen molar-refractivity contribution >= 4 is 17.8 Å². The standard InChI is InChI=1S/C18H26N4O3/c1-13-6-4-5-7-15(13)12-16(23)22-10-8-21(9-11-22)14(2)17(24)20-18(25)19-3/h4-7,14H,8-12H2,1-3H3,(H2,19,20,24,25)/t14-/m1/s1. The summed E-state index contributed by atoms with van der Waals surface area (Å²) >= 11 is 0. The number of aryl methyl sites for hydroxylation is 1. The average molecular weight is 346 g/mol. The lowest BCUT2D eigenvalue weighted by molar-refractivity contribution is -0.133. The van der Waals surface area contributed by atoms with Crippen molar-refractivity contribution in [2.75, 3.05) is 33.2 Å². The van der Waals surface area contributed by atoms with Crippen molar-refractivity contribution in [2.45, 2.75) is 26.3 Å². The maximum Gasteiger partial charge on any atom is 0.321 e. The Labute approximate surface area is 148 Å². The molecule has 0 bridgehead atoms. The molecule has 1 atom stereocenters. The van der Waals surface area contributed by atoms with Crippen molar-refractivity contribution in [1.82, 2.24) is 20.4 Å². The second kappa shape index (κ2) is 8.62. The second-order valence-corrected chi connectivity index (χ2v) is 6.26. The molecule has 1 aromatic rings. The number of urea groups is 1. The van der Waals surface area contributed by atoms with Gasteiger partial charge in [0.05, 0.1) is 12.5 Å². The van der Waals surface area contributed by atoms with Gasteiger partial charge in [-0.3, -0.25) is 19.8 Å². The predicted octanol–water partition coefficient (Wildman–Crippen LogP) is 0.526. The van der Waals surface area contributed by atoms with Crippen LogP contribution in [0.1, 0.15) is 18.1 Å². The van der Waals surface area contributed by atoms with Crippen LogP contribution in [0.3, 0.4) is 0 Å². The Balaban J connectivity index is 1.84. The topological polar surface area (TPSA) is 81.8 Å². The van der Waals surface area contributed by atoms with Crippen LogP contribution < -0.4 is 10.6 Å². The van der Waals surface area contributed by atoms with Crippen molar-refractivity contribution in [2.24, 2.45) is 0 Å². The molecule has 1 aliphatic rings. The first-order valence-corrected chi connectivity index (χ1v) is 8.51. The van der Waals surface area contributed by atoms with E-state index in [-0.39, 0.29) is 11.8 Å². The van der Waals surface area contributed by atoms with E-state index in [9.17, 15) is 14.4 Å². The number of nitrogens with zero attached hydrogens (tertiary/aromatic N) is 2. The fourth-order valence-electron chi connectivity index (χ4n) is 2.89. The van der Waals surface area contributed by atoms with Gasteiger partial charge in [-0.15, -0.1) is 0 Å². The van der Waals surface area contributed by atoms with E-state index in [1.165, 1.54) is 7.05 Å². The second-order valence-electron chi connectivity index (χ2n) is 6.26. The molecule has 0 unspecified atom stereocenters. The molecule has 0 saturated carbocycles. The number of nitrogens with one attached hydrogen (secondary N) is 2. The number of carbonyl (C=O) groups is 3. The predicted molar refractivity (Wildman–Crippen MR) is 95.1 cm³/mol. The highest BCUT2D eigenvalue weighted by Crippen LogP contribution is 2.12. The number of amides is 4. The van der Waals surface area contributed by atoms with Gasteiger partial charge in [-0.1, -0.05) is 24.3 Å². The number of hydrogen-bond donors (Lipinski definition) is 2. The largest absolute Gasteiger partial charge is 0.341 e. The Bertz CT molecular complexity index is 639. The van der Waals surface area contributed by atoms with Gasteiger partial charge in [-0.25, -0.2) is 4.79 Å². The van der Waals surface area contributed by atoms with Crippen molar-refractivity contribution in [3.8, 4) is 0 Å². The Hall–Kier alpha value is -2.41. The summed E-state index contributed by atoms with van der Waals surface area (Å²) in [5.41, 5.74) is 2.17. The summed E-state index contributed by atoms with van der Waals surface area (Å²) in [6.45, 7) is 6.17. The average Bonchev–Trinajstić information content (AvgIpc) is 2.62. The van der Waals surface area contributed by atoms with Gasteiger partial charge in [0, 0.05) is 33.2 Å². The summed E-state index contributed by atoms with van der Waals surface area (Å²) in [6.07, 6.45) is 0.402. The SMILES string of the molecule is CNC(=O)NC(=O)[C@@H](C)N1CCN(C(=O)Cc2ccccc2C)CC1. The van der Waals surface area contributed by atoms with Gasteiger partial charge in [-0.05, 0) is 25.0 Å². The van der Waals surface area contributed by atoms with E-state index in [0.29, 0.717) is 32.6 Å². The summed E-state index contributed by atoms with van der Waals surface area (Å²) < 4.78 is 0. The van der Waals surface area contributed by atoms with E-state index in [4.69, 9.17) is 0 Å². The van der Waals surface area contributed by atoms with E-state index in [1.54, 1.807) is 6.92 Å². The molecular formula is C18H26N4O3. The van der Waals surface area contributed by atoms with E-state index in [1.807, 2.05) is 41.0 Å². The zero-order chi connectivity index (χ0) is 18.4. The van der Waals surface area contributed by atoms with Crippen LogP contribution in [0, 0.1) is 6.92 Å². The fourth-order valence-corrected chi connectivity index (χ4v) is 2.89. The van der Waals surface area contributed by atoms with Crippen LogP contribution in [0.25, 0.3) is 0 Å². The van der Waals surface area contributed by atoms with Crippen LogP contribution in [-0.4, -0.2) is 66.9 Å². The van der Waals surface area contributed by atoms with E-state index >= 15 is 0 Å². The van der Waals surface area contributed by atoms with Crippen LogP contribution >= 0.6 is 0 Å². The molecule has 25 heavy (non-hydrogen) atoms. The minimum atomic E-state index is -0.510. The van der Waals surface area contributed by atoms with Crippen molar-refractivity contribution in [3.63, 3.8) is 0 Å². The first-order chi connectivity index (χ1) is 11.9. The molecule has 1 aromatic carbocycles. The molecule has 0 spiro atoms. The highest BCUT2D eigenvalue weighted by atomic mass is 16.2. The first-order valence-electron chi connectivity index (χ1n) is 8.51. The Morgan fingerprint density at radius 3 is 2.36 bits per heavy atom. The van der Waals surface area contributed by atoms with Gasteiger partial charge in [0.25, 0.3) is 0 Å². The zero-order valence-electron chi connectivity index (χ0n) is 15.0. The highest BCUT2D eigenvalue weighted by molar-refractivity contribution is 5.96. The maximum atomic E-state index is 12.5. The van der Waals surface area contributed by atoms with Gasteiger partial charge in [0.15, 0.2) is 0 Å². The monoisotopic (exact) mass is 346 g/mol. The molecule has 1 fully saturated rings. The third kappa shape index (κ3) is 5.03. The third-order valence-electron chi connectivity index (χ3n) is 4.66. The van der Waals surface area contributed by atoms with Crippen LogP contribution in [0.15, 0.2) is 24.3 Å². The van der Waals surface area contributed by atoms with Gasteiger partial charge < -0.3 is 10.2 Å². The number of piperazine rings is 1. The molecule has 4 amide bonds. The third-order valence-corrected chi connectivity index (χ3v) is 4.66. The lowest BCUT2D eigenvalue weighted by atomic mass is 10.1. The Morgan fingerprint density at radius 1 is 1.12 bits per heavy atom. The van der Waals surface area contributed by atoms with Crippen molar-refractivity contribution in [1.29, 1.82) is 0 Å². The minimum Gasteiger partial charge on any atom is -0.341 e. The molecule has 0 radical (unpaired) electrons. The summed E-state index contributed by atoms with van der Waals surface area (Å²) in [7, 11) is 1.46. The molecule has 1 aliphatic heterocycles. The summed E-state index contributed by atoms with van der Waals surface area (Å²) in [5, 5.41) is 4.65. The number of hydrogen-bond acceptors (Lipinski definition) is 4. The minimum absolute atomic E-state index is 0.108. The first kappa shape index (κ1) is 18.9. The number of carbonyl (C=O) groups excluding carboxylic acids is 3. The molecule has 7 nitrogen and oxygen atoms in total. The quantitative estimate of drug-likeness (QED) is 0.833. The maximum absolute atomic E-state index is 12.5. The van der Waals surface area contributed by atoms with Gasteiger partial charge in [-0.2, -0.15) is 0 Å². The van der Waals surface area contributed by atoms with Crippen LogP contribution in [-0.2, 0) is 16.0 Å². The Morgan fingerprint density at radius 2 is 1.76 bits per heavy atom.